The van der Waals surface area contributed by atoms with E-state index < -0.39 is 0 Å². The van der Waals surface area contributed by atoms with Crippen molar-refractivity contribution in [3.63, 3.8) is 0 Å². The molecule has 2 aliphatic heterocycles. The van der Waals surface area contributed by atoms with E-state index in [9.17, 15) is 0 Å². The molecular formula is C12H23NO. The SMILES string of the molecule is CN1C2COCC1CC(C(C)(C)C)C2. The Morgan fingerprint density at radius 1 is 1.07 bits per heavy atom. The fourth-order valence-corrected chi connectivity index (χ4v) is 2.80. The van der Waals surface area contributed by atoms with Crippen molar-refractivity contribution in [1.82, 2.24) is 4.90 Å². The molecule has 2 bridgehead atoms. The molecule has 2 nitrogen and oxygen atoms in total. The zero-order valence-electron chi connectivity index (χ0n) is 9.92. The molecule has 0 spiro atoms. The standard InChI is InChI=1S/C12H23NO/c1-12(2,3)9-5-10-7-14-8-11(6-9)13(10)4/h9-11H,5-8H2,1-4H3. The molecule has 2 heterocycles. The highest BCUT2D eigenvalue weighted by atomic mass is 16.5. The van der Waals surface area contributed by atoms with E-state index in [0.717, 1.165) is 19.1 Å². The van der Waals surface area contributed by atoms with Crippen LogP contribution in [0.3, 0.4) is 0 Å². The summed E-state index contributed by atoms with van der Waals surface area (Å²) in [4.78, 5) is 2.53. The number of fused-ring (bicyclic) bond motifs is 2. The summed E-state index contributed by atoms with van der Waals surface area (Å²) >= 11 is 0. The molecule has 2 atom stereocenters. The number of hydrogen-bond donors (Lipinski definition) is 0. The Hall–Kier alpha value is -0.0800. The number of hydrogen-bond acceptors (Lipinski definition) is 2. The molecule has 0 aromatic heterocycles. The highest BCUT2D eigenvalue weighted by Crippen LogP contribution is 2.40. The number of morpholine rings is 1. The molecule has 2 aliphatic rings. The van der Waals surface area contributed by atoms with Gasteiger partial charge in [-0.3, -0.25) is 4.90 Å². The van der Waals surface area contributed by atoms with Crippen molar-refractivity contribution < 1.29 is 4.74 Å². The summed E-state index contributed by atoms with van der Waals surface area (Å²) in [6.45, 7) is 9.01. The van der Waals surface area contributed by atoms with Gasteiger partial charge in [0, 0.05) is 12.1 Å². The predicted molar refractivity (Wildman–Crippen MR) is 58.3 cm³/mol. The normalized spacial score (nSPS) is 39.9. The van der Waals surface area contributed by atoms with E-state index in [0.29, 0.717) is 17.5 Å². The third-order valence-corrected chi connectivity index (χ3v) is 4.11. The van der Waals surface area contributed by atoms with E-state index in [4.69, 9.17) is 4.74 Å². The highest BCUT2D eigenvalue weighted by Gasteiger charge is 2.40. The second-order valence-corrected chi connectivity index (χ2v) is 6.04. The third kappa shape index (κ3) is 1.82. The van der Waals surface area contributed by atoms with Gasteiger partial charge in [0.2, 0.25) is 0 Å². The first kappa shape index (κ1) is 10.4. The summed E-state index contributed by atoms with van der Waals surface area (Å²) < 4.78 is 5.63. The fraction of sp³-hybridized carbons (Fsp3) is 1.00. The van der Waals surface area contributed by atoms with Crippen molar-refractivity contribution in [1.29, 1.82) is 0 Å². The van der Waals surface area contributed by atoms with Gasteiger partial charge in [0.25, 0.3) is 0 Å². The second kappa shape index (κ2) is 3.49. The van der Waals surface area contributed by atoms with Crippen LogP contribution in [0.1, 0.15) is 33.6 Å². The first-order valence-electron chi connectivity index (χ1n) is 5.78. The maximum atomic E-state index is 5.63. The molecule has 2 heteroatoms. The van der Waals surface area contributed by atoms with Gasteiger partial charge in [-0.25, -0.2) is 0 Å². The molecule has 2 saturated heterocycles. The molecule has 0 aromatic rings. The quantitative estimate of drug-likeness (QED) is 0.590. The topological polar surface area (TPSA) is 12.5 Å². The van der Waals surface area contributed by atoms with Crippen LogP contribution in [0.25, 0.3) is 0 Å². The summed E-state index contributed by atoms with van der Waals surface area (Å²) in [6, 6.07) is 1.35. The van der Waals surface area contributed by atoms with E-state index >= 15 is 0 Å². The summed E-state index contributed by atoms with van der Waals surface area (Å²) in [5.74, 6) is 0.873. The van der Waals surface area contributed by atoms with E-state index in [1.54, 1.807) is 0 Å². The Kier molecular flexibility index (Phi) is 2.61. The Bertz CT molecular complexity index is 195. The van der Waals surface area contributed by atoms with E-state index in [2.05, 4.69) is 32.7 Å². The van der Waals surface area contributed by atoms with Gasteiger partial charge in [0.15, 0.2) is 0 Å². The number of rotatable bonds is 0. The lowest BCUT2D eigenvalue weighted by molar-refractivity contribution is -0.0889. The van der Waals surface area contributed by atoms with Crippen LogP contribution in [0.4, 0.5) is 0 Å². The van der Waals surface area contributed by atoms with Crippen LogP contribution in [0.2, 0.25) is 0 Å². The zero-order valence-corrected chi connectivity index (χ0v) is 9.92. The molecule has 14 heavy (non-hydrogen) atoms. The minimum atomic E-state index is 0.467. The van der Waals surface area contributed by atoms with Crippen LogP contribution >= 0.6 is 0 Å². The molecule has 2 fully saturated rings. The second-order valence-electron chi connectivity index (χ2n) is 6.04. The maximum Gasteiger partial charge on any atom is 0.0622 e. The Morgan fingerprint density at radius 2 is 1.57 bits per heavy atom. The summed E-state index contributed by atoms with van der Waals surface area (Å²) in [5, 5.41) is 0. The minimum absolute atomic E-state index is 0.467. The van der Waals surface area contributed by atoms with E-state index in [-0.39, 0.29) is 0 Å². The summed E-state index contributed by atoms with van der Waals surface area (Å²) in [6.07, 6.45) is 2.63. The smallest absolute Gasteiger partial charge is 0.0622 e. The van der Waals surface area contributed by atoms with Crippen LogP contribution in [0.5, 0.6) is 0 Å². The Labute approximate surface area is 87.6 Å². The summed E-state index contributed by atoms with van der Waals surface area (Å²) in [5.41, 5.74) is 0.467. The fourth-order valence-electron chi connectivity index (χ4n) is 2.80. The van der Waals surface area contributed by atoms with Crippen molar-refractivity contribution in [2.45, 2.75) is 45.7 Å². The van der Waals surface area contributed by atoms with Gasteiger partial charge >= 0.3 is 0 Å². The molecule has 82 valence electrons. The molecule has 0 aliphatic carbocycles. The molecule has 2 rings (SSSR count). The largest absolute Gasteiger partial charge is 0.378 e. The molecular weight excluding hydrogens is 174 g/mol. The van der Waals surface area contributed by atoms with Crippen molar-refractivity contribution in [2.75, 3.05) is 20.3 Å². The van der Waals surface area contributed by atoms with Crippen LogP contribution in [-0.2, 0) is 4.74 Å². The van der Waals surface area contributed by atoms with Gasteiger partial charge in [-0.15, -0.1) is 0 Å². The van der Waals surface area contributed by atoms with Gasteiger partial charge < -0.3 is 4.74 Å². The van der Waals surface area contributed by atoms with Crippen LogP contribution < -0.4 is 0 Å². The third-order valence-electron chi connectivity index (χ3n) is 4.11. The van der Waals surface area contributed by atoms with Gasteiger partial charge in [-0.2, -0.15) is 0 Å². The van der Waals surface area contributed by atoms with Gasteiger partial charge in [-0.1, -0.05) is 20.8 Å². The lowest BCUT2D eigenvalue weighted by atomic mass is 9.71. The van der Waals surface area contributed by atoms with Crippen molar-refractivity contribution in [2.24, 2.45) is 11.3 Å². The summed E-state index contributed by atoms with van der Waals surface area (Å²) in [7, 11) is 2.26. The molecule has 0 amide bonds. The van der Waals surface area contributed by atoms with Crippen molar-refractivity contribution in [3.8, 4) is 0 Å². The van der Waals surface area contributed by atoms with Gasteiger partial charge in [0.1, 0.15) is 0 Å². The highest BCUT2D eigenvalue weighted by molar-refractivity contribution is 4.93. The Balaban J connectivity index is 2.08. The molecule has 0 radical (unpaired) electrons. The predicted octanol–water partition coefficient (Wildman–Crippen LogP) is 2.14. The maximum absolute atomic E-state index is 5.63. The van der Waals surface area contributed by atoms with Gasteiger partial charge in [0.05, 0.1) is 13.2 Å². The molecule has 0 N–H and O–H groups in total. The van der Waals surface area contributed by atoms with Crippen LogP contribution in [0, 0.1) is 11.3 Å². The minimum Gasteiger partial charge on any atom is -0.378 e. The number of piperidine rings is 1. The van der Waals surface area contributed by atoms with Crippen molar-refractivity contribution >= 4 is 0 Å². The average Bonchev–Trinajstić information content (AvgIpc) is 2.00. The first-order chi connectivity index (χ1) is 6.48. The van der Waals surface area contributed by atoms with E-state index in [1.807, 2.05) is 0 Å². The number of ether oxygens (including phenoxy) is 1. The molecule has 2 unspecified atom stereocenters. The van der Waals surface area contributed by atoms with Crippen molar-refractivity contribution in [3.05, 3.63) is 0 Å². The zero-order chi connectivity index (χ0) is 10.3. The lowest BCUT2D eigenvalue weighted by Crippen LogP contribution is -2.56. The molecule has 0 saturated carbocycles. The first-order valence-corrected chi connectivity index (χ1v) is 5.78. The average molecular weight is 197 g/mol. The molecule has 0 aromatic carbocycles. The lowest BCUT2D eigenvalue weighted by Gasteiger charge is -2.50. The number of likely N-dealkylation sites (N-methyl/N-ethyl adjacent to an activating group) is 1. The van der Waals surface area contributed by atoms with Crippen LogP contribution in [-0.4, -0.2) is 37.2 Å². The number of nitrogens with zero attached hydrogens (tertiary/aromatic N) is 1. The monoisotopic (exact) mass is 197 g/mol. The van der Waals surface area contributed by atoms with Gasteiger partial charge in [-0.05, 0) is 31.2 Å². The van der Waals surface area contributed by atoms with E-state index in [1.165, 1.54) is 12.8 Å². The van der Waals surface area contributed by atoms with Crippen LogP contribution in [0.15, 0.2) is 0 Å². The Morgan fingerprint density at radius 3 is 2.00 bits per heavy atom.